The maximum atomic E-state index is 14.2. The summed E-state index contributed by atoms with van der Waals surface area (Å²) in [5.41, 5.74) is -1.83. The summed E-state index contributed by atoms with van der Waals surface area (Å²) >= 11 is 0. The zero-order valence-corrected chi connectivity index (χ0v) is 13.8. The molecule has 0 heterocycles. The molecule has 4 rings (SSSR count). The van der Waals surface area contributed by atoms with Crippen LogP contribution in [0.3, 0.4) is 0 Å². The lowest BCUT2D eigenvalue weighted by atomic mass is 9.46. The van der Waals surface area contributed by atoms with Gasteiger partial charge in [0, 0.05) is 16.7 Å². The quantitative estimate of drug-likeness (QED) is 0.600. The van der Waals surface area contributed by atoms with Gasteiger partial charge in [-0.25, -0.2) is 4.39 Å². The highest BCUT2D eigenvalue weighted by Crippen LogP contribution is 2.65. The molecule has 0 aliphatic heterocycles. The van der Waals surface area contributed by atoms with Gasteiger partial charge in [0.2, 0.25) is 0 Å². The van der Waals surface area contributed by atoms with Crippen molar-refractivity contribution in [2.75, 3.05) is 0 Å². The lowest BCUT2D eigenvalue weighted by Crippen LogP contribution is -2.63. The van der Waals surface area contributed by atoms with Crippen molar-refractivity contribution in [1.82, 2.24) is 0 Å². The molecule has 4 aliphatic rings. The number of hydrogen-bond acceptors (Lipinski definition) is 3. The Hall–Kier alpha value is -0.710. The second-order valence-electron chi connectivity index (χ2n) is 8.70. The van der Waals surface area contributed by atoms with Gasteiger partial charge in [-0.3, -0.25) is 0 Å². The molecule has 0 bridgehead atoms. The van der Waals surface area contributed by atoms with Crippen molar-refractivity contribution in [1.29, 1.82) is 0 Å². The third-order valence-electron chi connectivity index (χ3n) is 7.79. The first-order valence-electron chi connectivity index (χ1n) is 8.83. The fourth-order valence-electron chi connectivity index (χ4n) is 6.06. The van der Waals surface area contributed by atoms with E-state index in [-0.39, 0.29) is 17.8 Å². The van der Waals surface area contributed by atoms with Gasteiger partial charge in [0.05, 0.1) is 17.8 Å². The molecule has 2 saturated carbocycles. The summed E-state index contributed by atoms with van der Waals surface area (Å²) in [6, 6.07) is 0. The van der Waals surface area contributed by atoms with E-state index in [1.165, 1.54) is 0 Å². The van der Waals surface area contributed by atoms with E-state index in [0.29, 0.717) is 25.7 Å². The standard InChI is InChI=1S/C19H27FO3/c1-17-7-8-19(23)13(14(17)10-15(20)16(17)22)4-3-11-9-12(21)5-6-18(11,19)2/h3-6,11-16,21-23H,7-10H2,1-2H3/t11?,12-,13+,14+,15-,16+,17+,18+,19-/m1/s1. The van der Waals surface area contributed by atoms with E-state index in [1.54, 1.807) is 6.08 Å². The molecule has 128 valence electrons. The van der Waals surface area contributed by atoms with E-state index in [1.807, 2.05) is 19.1 Å². The first-order chi connectivity index (χ1) is 10.7. The Labute approximate surface area is 136 Å². The van der Waals surface area contributed by atoms with Gasteiger partial charge in [0.1, 0.15) is 6.17 Å². The number of halogens is 1. The lowest BCUT2D eigenvalue weighted by molar-refractivity contribution is -0.182. The third-order valence-corrected chi connectivity index (χ3v) is 7.79. The average molecular weight is 322 g/mol. The normalized spacial score (nSPS) is 61.0. The summed E-state index contributed by atoms with van der Waals surface area (Å²) in [5.74, 6) is -0.0843. The van der Waals surface area contributed by atoms with Gasteiger partial charge < -0.3 is 15.3 Å². The molecule has 2 fully saturated rings. The SMILES string of the molecule is C[C@]12CC[C@@]3(O)[C@@H](C=CC4C[C@H](O)C=C[C@@]43C)[C@@H]1C[C@@H](F)[C@@H]2O. The molecule has 0 spiro atoms. The van der Waals surface area contributed by atoms with Crippen LogP contribution in [0.1, 0.15) is 39.5 Å². The Morgan fingerprint density at radius 3 is 2.52 bits per heavy atom. The van der Waals surface area contributed by atoms with Crippen LogP contribution in [-0.2, 0) is 0 Å². The van der Waals surface area contributed by atoms with Crippen LogP contribution in [0.5, 0.6) is 0 Å². The molecule has 9 atom stereocenters. The van der Waals surface area contributed by atoms with Gasteiger partial charge in [0.15, 0.2) is 0 Å². The number of alkyl halides is 1. The number of allylic oxidation sites excluding steroid dienone is 1. The van der Waals surface area contributed by atoms with Crippen LogP contribution in [0.4, 0.5) is 4.39 Å². The summed E-state index contributed by atoms with van der Waals surface area (Å²) in [6.07, 6.45) is 7.47. The molecular formula is C19H27FO3. The van der Waals surface area contributed by atoms with Gasteiger partial charge >= 0.3 is 0 Å². The van der Waals surface area contributed by atoms with Crippen molar-refractivity contribution in [2.45, 2.75) is 63.5 Å². The van der Waals surface area contributed by atoms with Crippen molar-refractivity contribution in [3.8, 4) is 0 Å². The Balaban J connectivity index is 1.78. The maximum Gasteiger partial charge on any atom is 0.127 e. The second-order valence-corrected chi connectivity index (χ2v) is 8.70. The van der Waals surface area contributed by atoms with Crippen LogP contribution in [0, 0.1) is 28.6 Å². The molecule has 23 heavy (non-hydrogen) atoms. The molecule has 4 aliphatic carbocycles. The van der Waals surface area contributed by atoms with Crippen LogP contribution >= 0.6 is 0 Å². The summed E-state index contributed by atoms with van der Waals surface area (Å²) in [5, 5.41) is 31.9. The minimum atomic E-state index is -1.20. The van der Waals surface area contributed by atoms with Crippen LogP contribution in [-0.4, -0.2) is 39.3 Å². The van der Waals surface area contributed by atoms with Gasteiger partial charge in [0.25, 0.3) is 0 Å². The van der Waals surface area contributed by atoms with Crippen LogP contribution < -0.4 is 0 Å². The lowest BCUT2D eigenvalue weighted by Gasteiger charge is -2.61. The molecule has 1 unspecified atom stereocenters. The molecule has 3 N–H and O–H groups in total. The molecule has 0 aromatic rings. The van der Waals surface area contributed by atoms with E-state index < -0.39 is 34.8 Å². The summed E-state index contributed by atoms with van der Waals surface area (Å²) < 4.78 is 14.2. The summed E-state index contributed by atoms with van der Waals surface area (Å²) in [4.78, 5) is 0. The Morgan fingerprint density at radius 2 is 1.78 bits per heavy atom. The van der Waals surface area contributed by atoms with Gasteiger partial charge in [-0.15, -0.1) is 0 Å². The number of fused-ring (bicyclic) bond motifs is 5. The minimum absolute atomic E-state index is 0.0412. The van der Waals surface area contributed by atoms with Gasteiger partial charge in [-0.05, 0) is 37.5 Å². The van der Waals surface area contributed by atoms with E-state index in [2.05, 4.69) is 13.0 Å². The zero-order valence-electron chi connectivity index (χ0n) is 13.8. The minimum Gasteiger partial charge on any atom is -0.390 e. The molecule has 0 aromatic carbocycles. The van der Waals surface area contributed by atoms with Crippen molar-refractivity contribution in [3.63, 3.8) is 0 Å². The fourth-order valence-corrected chi connectivity index (χ4v) is 6.06. The molecule has 4 heteroatoms. The predicted molar refractivity (Wildman–Crippen MR) is 85.3 cm³/mol. The highest BCUT2D eigenvalue weighted by Gasteiger charge is 2.66. The monoisotopic (exact) mass is 322 g/mol. The van der Waals surface area contributed by atoms with E-state index in [9.17, 15) is 19.7 Å². The molecule has 0 saturated heterocycles. The van der Waals surface area contributed by atoms with E-state index in [4.69, 9.17) is 0 Å². The Morgan fingerprint density at radius 1 is 1.04 bits per heavy atom. The van der Waals surface area contributed by atoms with Crippen LogP contribution in [0.15, 0.2) is 24.3 Å². The van der Waals surface area contributed by atoms with Crippen molar-refractivity contribution < 1.29 is 19.7 Å². The Bertz CT molecular complexity index is 575. The summed E-state index contributed by atoms with van der Waals surface area (Å²) in [7, 11) is 0. The van der Waals surface area contributed by atoms with Gasteiger partial charge in [-0.1, -0.05) is 38.2 Å². The number of rotatable bonds is 0. The first-order valence-corrected chi connectivity index (χ1v) is 8.83. The second kappa shape index (κ2) is 4.68. The van der Waals surface area contributed by atoms with E-state index >= 15 is 0 Å². The predicted octanol–water partition coefficient (Wildman–Crippen LogP) is 2.37. The Kier molecular flexibility index (Phi) is 3.21. The summed E-state index contributed by atoms with van der Waals surface area (Å²) in [6.45, 7) is 4.04. The molecular weight excluding hydrogens is 295 g/mol. The fraction of sp³-hybridized carbons (Fsp3) is 0.789. The van der Waals surface area contributed by atoms with Crippen molar-refractivity contribution >= 4 is 0 Å². The molecule has 3 nitrogen and oxygen atoms in total. The van der Waals surface area contributed by atoms with Crippen molar-refractivity contribution in [2.24, 2.45) is 28.6 Å². The largest absolute Gasteiger partial charge is 0.390 e. The van der Waals surface area contributed by atoms with Crippen LogP contribution in [0.25, 0.3) is 0 Å². The van der Waals surface area contributed by atoms with Crippen LogP contribution in [0.2, 0.25) is 0 Å². The van der Waals surface area contributed by atoms with Gasteiger partial charge in [-0.2, -0.15) is 0 Å². The molecule has 0 aromatic heterocycles. The zero-order chi connectivity index (χ0) is 16.6. The third kappa shape index (κ3) is 1.80. The highest BCUT2D eigenvalue weighted by molar-refractivity contribution is 5.30. The average Bonchev–Trinajstić information content (AvgIpc) is 2.73. The topological polar surface area (TPSA) is 60.7 Å². The highest BCUT2D eigenvalue weighted by atomic mass is 19.1. The first kappa shape index (κ1) is 15.8. The number of aliphatic hydroxyl groups is 3. The van der Waals surface area contributed by atoms with Crippen molar-refractivity contribution in [3.05, 3.63) is 24.3 Å². The maximum absolute atomic E-state index is 14.2. The smallest absolute Gasteiger partial charge is 0.127 e. The number of hydrogen-bond donors (Lipinski definition) is 3. The molecule has 0 amide bonds. The number of aliphatic hydroxyl groups excluding tert-OH is 2. The molecule has 0 radical (unpaired) electrons. The van der Waals surface area contributed by atoms with E-state index in [0.717, 1.165) is 0 Å².